The molecule has 0 fully saturated rings. The summed E-state index contributed by atoms with van der Waals surface area (Å²) in [7, 11) is 0. The van der Waals surface area contributed by atoms with E-state index < -0.39 is 17.5 Å². The van der Waals surface area contributed by atoms with Gasteiger partial charge in [0, 0.05) is 6.42 Å². The second kappa shape index (κ2) is 9.23. The first-order valence-corrected chi connectivity index (χ1v) is 7.48. The summed E-state index contributed by atoms with van der Waals surface area (Å²) in [5.41, 5.74) is -0.245. The largest absolute Gasteiger partial charge is 0.416 e. The van der Waals surface area contributed by atoms with E-state index in [9.17, 15) is 18.0 Å². The number of unbranched alkanes of at least 4 members (excludes halogenated alkanes) is 3. The predicted molar refractivity (Wildman–Crippen MR) is 83.4 cm³/mol. The molecule has 0 aliphatic rings. The molecular formula is C18H21F3O. The number of benzene rings is 1. The molecule has 0 spiro atoms. The van der Waals surface area contributed by atoms with Gasteiger partial charge in [0.1, 0.15) is 0 Å². The van der Waals surface area contributed by atoms with E-state index in [-0.39, 0.29) is 6.42 Å². The molecule has 120 valence electrons. The van der Waals surface area contributed by atoms with Crippen LogP contribution in [0.25, 0.3) is 6.08 Å². The van der Waals surface area contributed by atoms with Crippen LogP contribution in [0.15, 0.2) is 48.1 Å². The van der Waals surface area contributed by atoms with E-state index in [1.54, 1.807) is 30.3 Å². The zero-order chi connectivity index (χ0) is 16.4. The lowest BCUT2D eigenvalue weighted by atomic mass is 10.1. The Morgan fingerprint density at radius 3 is 2.36 bits per heavy atom. The van der Waals surface area contributed by atoms with Crippen LogP contribution in [0.3, 0.4) is 0 Å². The minimum Gasteiger partial charge on any atom is -0.295 e. The van der Waals surface area contributed by atoms with Crippen LogP contribution in [0.5, 0.6) is 0 Å². The highest BCUT2D eigenvalue weighted by Crippen LogP contribution is 2.27. The van der Waals surface area contributed by atoms with E-state index in [4.69, 9.17) is 0 Å². The molecule has 0 aliphatic heterocycles. The molecule has 1 rings (SSSR count). The Morgan fingerprint density at radius 1 is 1.09 bits per heavy atom. The van der Waals surface area contributed by atoms with Crippen molar-refractivity contribution in [2.75, 3.05) is 0 Å². The highest BCUT2D eigenvalue weighted by Gasteiger charge is 2.32. The fraction of sp³-hybridized carbons (Fsp3) is 0.389. The van der Waals surface area contributed by atoms with Gasteiger partial charge in [-0.2, -0.15) is 13.2 Å². The van der Waals surface area contributed by atoms with Gasteiger partial charge in [-0.25, -0.2) is 0 Å². The lowest BCUT2D eigenvalue weighted by Gasteiger charge is -2.07. The van der Waals surface area contributed by atoms with E-state index in [1.807, 2.05) is 6.92 Å². The van der Waals surface area contributed by atoms with Gasteiger partial charge in [0.15, 0.2) is 5.78 Å². The summed E-state index contributed by atoms with van der Waals surface area (Å²) < 4.78 is 38.9. The number of carbonyl (C=O) groups is 1. The van der Waals surface area contributed by atoms with Crippen molar-refractivity contribution in [3.8, 4) is 0 Å². The third kappa shape index (κ3) is 7.25. The molecule has 0 N–H and O–H groups in total. The standard InChI is InChI=1S/C18H21F3O/c1-2-3-4-8-11-17(22)14-16(18(19,20)21)13-12-15-9-6-5-7-10-15/h5-7,9-10,12-14H,2-4,8,11H2,1H3/b13-12+,16-14-. The molecule has 0 saturated heterocycles. The molecule has 0 aromatic heterocycles. The number of alkyl halides is 3. The molecule has 0 aliphatic carbocycles. The fourth-order valence-corrected chi connectivity index (χ4v) is 1.95. The molecule has 0 heterocycles. The molecule has 1 nitrogen and oxygen atoms in total. The smallest absolute Gasteiger partial charge is 0.295 e. The number of carbonyl (C=O) groups excluding carboxylic acids is 1. The van der Waals surface area contributed by atoms with E-state index >= 15 is 0 Å². The van der Waals surface area contributed by atoms with Crippen molar-refractivity contribution in [2.45, 2.75) is 45.2 Å². The van der Waals surface area contributed by atoms with Crippen molar-refractivity contribution in [3.05, 3.63) is 53.6 Å². The Balaban J connectivity index is 2.74. The van der Waals surface area contributed by atoms with Gasteiger partial charge >= 0.3 is 6.18 Å². The van der Waals surface area contributed by atoms with Gasteiger partial charge in [0.05, 0.1) is 5.57 Å². The Labute approximate surface area is 129 Å². The van der Waals surface area contributed by atoms with Crippen LogP contribution in [-0.2, 0) is 4.79 Å². The van der Waals surface area contributed by atoms with Crippen LogP contribution in [-0.4, -0.2) is 12.0 Å². The maximum Gasteiger partial charge on any atom is 0.416 e. The molecule has 4 heteroatoms. The van der Waals surface area contributed by atoms with Crippen molar-refractivity contribution in [2.24, 2.45) is 0 Å². The number of allylic oxidation sites excluding steroid dienone is 3. The topological polar surface area (TPSA) is 17.1 Å². The Hall–Kier alpha value is -1.84. The zero-order valence-corrected chi connectivity index (χ0v) is 12.7. The molecule has 0 atom stereocenters. The summed E-state index contributed by atoms with van der Waals surface area (Å²) >= 11 is 0. The zero-order valence-electron chi connectivity index (χ0n) is 12.7. The van der Waals surface area contributed by atoms with Crippen LogP contribution >= 0.6 is 0 Å². The van der Waals surface area contributed by atoms with Gasteiger partial charge in [-0.1, -0.05) is 62.6 Å². The van der Waals surface area contributed by atoms with Gasteiger partial charge in [-0.15, -0.1) is 0 Å². The molecule has 1 aromatic carbocycles. The third-order valence-electron chi connectivity index (χ3n) is 3.18. The number of halogens is 3. The van der Waals surface area contributed by atoms with Gasteiger partial charge in [0.2, 0.25) is 0 Å². The number of hydrogen-bond acceptors (Lipinski definition) is 1. The number of rotatable bonds is 8. The fourth-order valence-electron chi connectivity index (χ4n) is 1.95. The van der Waals surface area contributed by atoms with E-state index in [2.05, 4.69) is 0 Å². The van der Waals surface area contributed by atoms with Gasteiger partial charge in [-0.05, 0) is 24.1 Å². The average Bonchev–Trinajstić information content (AvgIpc) is 2.48. The maximum atomic E-state index is 13.0. The first-order chi connectivity index (χ1) is 10.4. The first kappa shape index (κ1) is 18.2. The summed E-state index contributed by atoms with van der Waals surface area (Å²) in [6, 6.07) is 8.69. The van der Waals surface area contributed by atoms with Crippen molar-refractivity contribution in [1.82, 2.24) is 0 Å². The van der Waals surface area contributed by atoms with Crippen LogP contribution < -0.4 is 0 Å². The van der Waals surface area contributed by atoms with Crippen molar-refractivity contribution in [3.63, 3.8) is 0 Å². The minimum absolute atomic E-state index is 0.165. The number of hydrogen-bond donors (Lipinski definition) is 0. The lowest BCUT2D eigenvalue weighted by molar-refractivity contribution is -0.116. The molecule has 0 saturated carbocycles. The van der Waals surface area contributed by atoms with Crippen molar-refractivity contribution >= 4 is 11.9 Å². The van der Waals surface area contributed by atoms with Crippen molar-refractivity contribution in [1.29, 1.82) is 0 Å². The number of ketones is 1. The Kier molecular flexibility index (Phi) is 7.64. The van der Waals surface area contributed by atoms with Gasteiger partial charge in [0.25, 0.3) is 0 Å². The highest BCUT2D eigenvalue weighted by atomic mass is 19.4. The van der Waals surface area contributed by atoms with E-state index in [0.717, 1.165) is 25.3 Å². The second-order valence-electron chi connectivity index (χ2n) is 5.12. The van der Waals surface area contributed by atoms with Crippen LogP contribution in [0.1, 0.15) is 44.6 Å². The molecule has 22 heavy (non-hydrogen) atoms. The summed E-state index contributed by atoms with van der Waals surface area (Å²) in [5, 5.41) is 0. The monoisotopic (exact) mass is 310 g/mol. The van der Waals surface area contributed by atoms with E-state index in [1.165, 1.54) is 6.08 Å². The third-order valence-corrected chi connectivity index (χ3v) is 3.18. The maximum absolute atomic E-state index is 13.0. The average molecular weight is 310 g/mol. The molecule has 0 unspecified atom stereocenters. The van der Waals surface area contributed by atoms with Crippen molar-refractivity contribution < 1.29 is 18.0 Å². The SMILES string of the molecule is CCCCCCC(=O)/C=C(/C=C/c1ccccc1)C(F)(F)F. The van der Waals surface area contributed by atoms with Crippen LogP contribution in [0.2, 0.25) is 0 Å². The molecule has 0 bridgehead atoms. The molecular weight excluding hydrogens is 289 g/mol. The summed E-state index contributed by atoms with van der Waals surface area (Å²) in [6.07, 6.45) is 2.21. The molecule has 1 aromatic rings. The second-order valence-corrected chi connectivity index (χ2v) is 5.12. The van der Waals surface area contributed by atoms with Crippen LogP contribution in [0.4, 0.5) is 13.2 Å². The first-order valence-electron chi connectivity index (χ1n) is 7.48. The minimum atomic E-state index is -4.52. The Morgan fingerprint density at radius 2 is 1.77 bits per heavy atom. The van der Waals surface area contributed by atoms with Gasteiger partial charge in [-0.3, -0.25) is 4.79 Å². The van der Waals surface area contributed by atoms with E-state index in [0.29, 0.717) is 18.1 Å². The lowest BCUT2D eigenvalue weighted by Crippen LogP contribution is -2.12. The van der Waals surface area contributed by atoms with Crippen LogP contribution in [0, 0.1) is 0 Å². The quantitative estimate of drug-likeness (QED) is 0.340. The summed E-state index contributed by atoms with van der Waals surface area (Å²) in [4.78, 5) is 11.7. The van der Waals surface area contributed by atoms with Gasteiger partial charge < -0.3 is 0 Å². The highest BCUT2D eigenvalue weighted by molar-refractivity contribution is 5.91. The predicted octanol–water partition coefficient (Wildman–Crippen LogP) is 5.73. The molecule has 0 radical (unpaired) electrons. The Bertz CT molecular complexity index is 513. The normalized spacial score (nSPS) is 12.8. The summed E-state index contributed by atoms with van der Waals surface area (Å²) in [5.74, 6) is -0.471. The summed E-state index contributed by atoms with van der Waals surface area (Å²) in [6.45, 7) is 2.04. The molecule has 0 amide bonds.